The van der Waals surface area contributed by atoms with Crippen LogP contribution in [-0.2, 0) is 26.1 Å². The fourth-order valence-electron chi connectivity index (χ4n) is 2.73. The molecule has 34 heavy (non-hydrogen) atoms. The Morgan fingerprint density at radius 3 is 2.47 bits per heavy atom. The van der Waals surface area contributed by atoms with Crippen LogP contribution in [0.4, 0.5) is 11.4 Å². The van der Waals surface area contributed by atoms with Gasteiger partial charge in [0.1, 0.15) is 11.5 Å². The molecule has 1 heterocycles. The fourth-order valence-corrected chi connectivity index (χ4v) is 3.72. The van der Waals surface area contributed by atoms with Crippen LogP contribution in [0.5, 0.6) is 5.75 Å². The second-order valence-corrected chi connectivity index (χ2v) is 8.46. The molecule has 178 valence electrons. The fraction of sp³-hybridized carbons (Fsp3) is 0.143. The van der Waals surface area contributed by atoms with Crippen molar-refractivity contribution < 1.29 is 36.8 Å². The summed E-state index contributed by atoms with van der Waals surface area (Å²) in [7, 11) is -2.55. The number of amides is 1. The van der Waals surface area contributed by atoms with Crippen molar-refractivity contribution in [2.75, 3.05) is 19.0 Å². The molecule has 0 spiro atoms. The van der Waals surface area contributed by atoms with E-state index in [1.54, 1.807) is 12.1 Å². The van der Waals surface area contributed by atoms with Crippen LogP contribution >= 0.6 is 0 Å². The lowest BCUT2D eigenvalue weighted by atomic mass is 10.2. The van der Waals surface area contributed by atoms with Crippen molar-refractivity contribution in [3.05, 3.63) is 82.3 Å². The number of anilines is 1. The summed E-state index contributed by atoms with van der Waals surface area (Å²) in [5.41, 5.74) is -0.0284. The Morgan fingerprint density at radius 2 is 1.85 bits per heavy atom. The van der Waals surface area contributed by atoms with Crippen LogP contribution < -0.4 is 14.8 Å². The van der Waals surface area contributed by atoms with Crippen LogP contribution in [0, 0.1) is 10.1 Å². The van der Waals surface area contributed by atoms with E-state index in [1.807, 2.05) is 0 Å². The van der Waals surface area contributed by atoms with Crippen molar-refractivity contribution in [1.82, 2.24) is 4.72 Å². The van der Waals surface area contributed by atoms with Gasteiger partial charge in [0.25, 0.3) is 11.6 Å². The second-order valence-electron chi connectivity index (χ2n) is 6.69. The van der Waals surface area contributed by atoms with Crippen molar-refractivity contribution >= 4 is 33.3 Å². The first-order valence-electron chi connectivity index (χ1n) is 9.61. The molecule has 0 fully saturated rings. The molecule has 0 aliphatic heterocycles. The minimum Gasteiger partial charge on any atom is -0.494 e. The number of carbonyl (C=O) groups excluding carboxylic acids is 2. The van der Waals surface area contributed by atoms with Crippen LogP contribution in [0.1, 0.15) is 16.1 Å². The Hall–Kier alpha value is -4.23. The maximum Gasteiger partial charge on any atom is 0.338 e. The van der Waals surface area contributed by atoms with Gasteiger partial charge >= 0.3 is 5.97 Å². The number of esters is 1. The molecule has 0 aliphatic rings. The number of ether oxygens (including phenoxy) is 2. The molecule has 1 amide bonds. The molecule has 0 aliphatic carbocycles. The van der Waals surface area contributed by atoms with E-state index in [4.69, 9.17) is 13.9 Å². The largest absolute Gasteiger partial charge is 0.494 e. The number of methoxy groups -OCH3 is 1. The van der Waals surface area contributed by atoms with Crippen molar-refractivity contribution in [3.63, 3.8) is 0 Å². The molecule has 13 heteroatoms. The number of hydrogen-bond donors (Lipinski definition) is 2. The molecule has 2 aromatic carbocycles. The van der Waals surface area contributed by atoms with E-state index < -0.39 is 33.4 Å². The first-order valence-corrected chi connectivity index (χ1v) is 11.1. The minimum absolute atomic E-state index is 0.0331. The highest BCUT2D eigenvalue weighted by atomic mass is 32.2. The Labute approximate surface area is 193 Å². The van der Waals surface area contributed by atoms with Gasteiger partial charge in [-0.1, -0.05) is 0 Å². The summed E-state index contributed by atoms with van der Waals surface area (Å²) in [6, 6.07) is 11.8. The summed E-state index contributed by atoms with van der Waals surface area (Å²) >= 11 is 0. The molecule has 3 rings (SSSR count). The van der Waals surface area contributed by atoms with Gasteiger partial charge in [0.15, 0.2) is 6.61 Å². The summed E-state index contributed by atoms with van der Waals surface area (Å²) in [6.45, 7) is -0.683. The Balaban J connectivity index is 1.55. The quantitative estimate of drug-likeness (QED) is 0.247. The van der Waals surface area contributed by atoms with E-state index in [2.05, 4.69) is 10.0 Å². The lowest BCUT2D eigenvalue weighted by Crippen LogP contribution is -2.23. The Kier molecular flexibility index (Phi) is 7.60. The first-order chi connectivity index (χ1) is 16.2. The van der Waals surface area contributed by atoms with Gasteiger partial charge in [-0.15, -0.1) is 0 Å². The standard InChI is InChI=1S/C21H19N3O9S/c1-31-19-11-15(24(27)28)6-9-18(19)23-20(25)13-33-21(26)14-4-7-17(8-5-14)34(29,30)22-12-16-3-2-10-32-16/h2-11,22H,12-13H2,1H3,(H,23,25). The number of hydrogen-bond acceptors (Lipinski definition) is 9. The summed E-state index contributed by atoms with van der Waals surface area (Å²) in [4.78, 5) is 34.5. The van der Waals surface area contributed by atoms with Gasteiger partial charge in [0, 0.05) is 6.07 Å². The van der Waals surface area contributed by atoms with Crippen molar-refractivity contribution in [3.8, 4) is 5.75 Å². The van der Waals surface area contributed by atoms with Crippen LogP contribution in [0.3, 0.4) is 0 Å². The van der Waals surface area contributed by atoms with Gasteiger partial charge < -0.3 is 19.2 Å². The molecule has 0 saturated carbocycles. The van der Waals surface area contributed by atoms with Crippen LogP contribution in [0.15, 0.2) is 70.2 Å². The topological polar surface area (TPSA) is 167 Å². The molecule has 0 bridgehead atoms. The van der Waals surface area contributed by atoms with E-state index >= 15 is 0 Å². The molecular weight excluding hydrogens is 470 g/mol. The predicted octanol–water partition coefficient (Wildman–Crippen LogP) is 2.47. The molecule has 0 unspecified atom stereocenters. The minimum atomic E-state index is -3.83. The zero-order valence-electron chi connectivity index (χ0n) is 17.7. The molecule has 0 saturated heterocycles. The number of nitrogens with one attached hydrogen (secondary N) is 2. The number of nitro groups is 1. The van der Waals surface area contributed by atoms with E-state index in [0.717, 1.165) is 6.07 Å². The summed E-state index contributed by atoms with van der Waals surface area (Å²) in [5, 5.41) is 13.3. The zero-order chi connectivity index (χ0) is 24.7. The van der Waals surface area contributed by atoms with Crippen LogP contribution in [0.2, 0.25) is 0 Å². The van der Waals surface area contributed by atoms with E-state index in [-0.39, 0.29) is 34.1 Å². The van der Waals surface area contributed by atoms with E-state index in [9.17, 15) is 28.1 Å². The van der Waals surface area contributed by atoms with Gasteiger partial charge in [0.05, 0.1) is 47.1 Å². The highest BCUT2D eigenvalue weighted by Gasteiger charge is 2.18. The molecule has 2 N–H and O–H groups in total. The van der Waals surface area contributed by atoms with Crippen LogP contribution in [-0.4, -0.2) is 38.9 Å². The third kappa shape index (κ3) is 6.17. The lowest BCUT2D eigenvalue weighted by Gasteiger charge is -2.10. The Morgan fingerprint density at radius 1 is 1.12 bits per heavy atom. The second kappa shape index (κ2) is 10.6. The maximum absolute atomic E-state index is 12.3. The smallest absolute Gasteiger partial charge is 0.338 e. The Bertz CT molecular complexity index is 1290. The number of carbonyl (C=O) groups is 2. The van der Waals surface area contributed by atoms with Crippen molar-refractivity contribution in [2.45, 2.75) is 11.4 Å². The van der Waals surface area contributed by atoms with Crippen molar-refractivity contribution in [2.24, 2.45) is 0 Å². The molecular formula is C21H19N3O9S. The number of non-ortho nitro benzene ring substituents is 1. The SMILES string of the molecule is COc1cc([N+](=O)[O-])ccc1NC(=O)COC(=O)c1ccc(S(=O)(=O)NCc2ccco2)cc1. The predicted molar refractivity (Wildman–Crippen MR) is 118 cm³/mol. The third-order valence-electron chi connectivity index (χ3n) is 4.42. The molecule has 1 aromatic heterocycles. The van der Waals surface area contributed by atoms with E-state index in [0.29, 0.717) is 5.76 Å². The number of nitro benzene ring substituents is 1. The van der Waals surface area contributed by atoms with Crippen molar-refractivity contribution in [1.29, 1.82) is 0 Å². The van der Waals surface area contributed by atoms with Gasteiger partial charge in [0.2, 0.25) is 10.0 Å². The summed E-state index contributed by atoms with van der Waals surface area (Å²) < 4.78 is 42.1. The van der Waals surface area contributed by atoms with Gasteiger partial charge in [-0.25, -0.2) is 17.9 Å². The molecule has 0 atom stereocenters. The van der Waals surface area contributed by atoms with Gasteiger partial charge in [-0.3, -0.25) is 14.9 Å². The first kappa shape index (κ1) is 24.4. The molecule has 0 radical (unpaired) electrons. The zero-order valence-corrected chi connectivity index (χ0v) is 18.5. The summed E-state index contributed by atoms with van der Waals surface area (Å²) in [5.74, 6) is -1.06. The summed E-state index contributed by atoms with van der Waals surface area (Å²) in [6.07, 6.45) is 1.42. The number of rotatable bonds is 10. The number of furan rings is 1. The molecule has 12 nitrogen and oxygen atoms in total. The average molecular weight is 489 g/mol. The highest BCUT2D eigenvalue weighted by Crippen LogP contribution is 2.28. The third-order valence-corrected chi connectivity index (χ3v) is 5.84. The monoisotopic (exact) mass is 489 g/mol. The van der Waals surface area contributed by atoms with Crippen LogP contribution in [0.25, 0.3) is 0 Å². The number of benzene rings is 2. The van der Waals surface area contributed by atoms with E-state index in [1.165, 1.54) is 49.8 Å². The van der Waals surface area contributed by atoms with Gasteiger partial charge in [-0.05, 0) is 42.5 Å². The maximum atomic E-state index is 12.3. The molecule has 3 aromatic rings. The highest BCUT2D eigenvalue weighted by molar-refractivity contribution is 7.89. The number of nitrogens with zero attached hydrogens (tertiary/aromatic N) is 1. The number of sulfonamides is 1. The average Bonchev–Trinajstić information content (AvgIpc) is 3.35. The lowest BCUT2D eigenvalue weighted by molar-refractivity contribution is -0.384. The van der Waals surface area contributed by atoms with Gasteiger partial charge in [-0.2, -0.15) is 0 Å². The normalized spacial score (nSPS) is 11.0.